The third kappa shape index (κ3) is 4.00. The molecule has 1 aliphatic heterocycles. The minimum atomic E-state index is -0.0569. The molecule has 2 amide bonds. The highest BCUT2D eigenvalue weighted by Gasteiger charge is 2.47. The van der Waals surface area contributed by atoms with Crippen molar-refractivity contribution in [2.24, 2.45) is 23.7 Å². The van der Waals surface area contributed by atoms with Crippen molar-refractivity contribution in [2.75, 3.05) is 26.2 Å². The van der Waals surface area contributed by atoms with Crippen molar-refractivity contribution in [3.8, 4) is 0 Å². The first kappa shape index (κ1) is 17.0. The van der Waals surface area contributed by atoms with Gasteiger partial charge in [0.05, 0.1) is 0 Å². The fraction of sp³-hybridized carbons (Fsp3) is 0.944. The van der Waals surface area contributed by atoms with E-state index in [0.717, 1.165) is 25.6 Å². The molecule has 1 heterocycles. The van der Waals surface area contributed by atoms with Gasteiger partial charge < -0.3 is 20.6 Å². The standard InChI is InChI=1S/C18H33N3O2/c1-12-4-3-7-21(9-12)10-13(2)19-18(23)20-17-15-6-5-14(8-15)16(17)11-22/h12-17,22H,3-11H2,1-2H3,(H2,19,20,23). The molecule has 2 saturated carbocycles. The third-order valence-electron chi connectivity index (χ3n) is 6.25. The number of nitrogens with one attached hydrogen (secondary N) is 2. The zero-order chi connectivity index (χ0) is 16.4. The summed E-state index contributed by atoms with van der Waals surface area (Å²) in [5.74, 6) is 2.21. The highest BCUT2D eigenvalue weighted by molar-refractivity contribution is 5.74. The normalized spacial score (nSPS) is 38.5. The largest absolute Gasteiger partial charge is 0.396 e. The smallest absolute Gasteiger partial charge is 0.315 e. The Labute approximate surface area is 140 Å². The Hall–Kier alpha value is -0.810. The lowest BCUT2D eigenvalue weighted by Crippen LogP contribution is -2.53. The minimum Gasteiger partial charge on any atom is -0.396 e. The number of piperidine rings is 1. The molecule has 0 aromatic carbocycles. The summed E-state index contributed by atoms with van der Waals surface area (Å²) in [4.78, 5) is 14.8. The Morgan fingerprint density at radius 2 is 2.09 bits per heavy atom. The highest BCUT2D eigenvalue weighted by atomic mass is 16.3. The van der Waals surface area contributed by atoms with Crippen LogP contribution in [-0.2, 0) is 0 Å². The molecular formula is C18H33N3O2. The van der Waals surface area contributed by atoms with Crippen molar-refractivity contribution in [3.05, 3.63) is 0 Å². The number of urea groups is 1. The molecule has 6 unspecified atom stereocenters. The van der Waals surface area contributed by atoms with Gasteiger partial charge in [-0.25, -0.2) is 4.79 Å². The molecule has 2 aliphatic carbocycles. The van der Waals surface area contributed by atoms with Gasteiger partial charge in [-0.2, -0.15) is 0 Å². The van der Waals surface area contributed by atoms with Gasteiger partial charge in [0.1, 0.15) is 0 Å². The van der Waals surface area contributed by atoms with Crippen LogP contribution in [0.4, 0.5) is 4.79 Å². The molecule has 2 bridgehead atoms. The van der Waals surface area contributed by atoms with Gasteiger partial charge in [0.15, 0.2) is 0 Å². The maximum Gasteiger partial charge on any atom is 0.315 e. The number of likely N-dealkylation sites (tertiary alicyclic amines) is 1. The van der Waals surface area contributed by atoms with Crippen molar-refractivity contribution in [1.29, 1.82) is 0 Å². The minimum absolute atomic E-state index is 0.0569. The van der Waals surface area contributed by atoms with Crippen molar-refractivity contribution in [2.45, 2.75) is 58.0 Å². The quantitative estimate of drug-likeness (QED) is 0.723. The predicted molar refractivity (Wildman–Crippen MR) is 91.2 cm³/mol. The van der Waals surface area contributed by atoms with Crippen molar-refractivity contribution in [3.63, 3.8) is 0 Å². The van der Waals surface area contributed by atoms with Crippen LogP contribution in [-0.4, -0.2) is 54.4 Å². The van der Waals surface area contributed by atoms with Gasteiger partial charge in [-0.15, -0.1) is 0 Å². The van der Waals surface area contributed by atoms with E-state index in [1.807, 2.05) is 0 Å². The van der Waals surface area contributed by atoms with E-state index in [0.29, 0.717) is 11.8 Å². The molecule has 3 N–H and O–H groups in total. The Morgan fingerprint density at radius 3 is 2.83 bits per heavy atom. The summed E-state index contributed by atoms with van der Waals surface area (Å²) < 4.78 is 0. The maximum absolute atomic E-state index is 12.3. The van der Waals surface area contributed by atoms with Gasteiger partial charge in [-0.1, -0.05) is 6.92 Å². The molecule has 3 rings (SSSR count). The van der Waals surface area contributed by atoms with E-state index in [9.17, 15) is 9.90 Å². The molecule has 0 radical (unpaired) electrons. The van der Waals surface area contributed by atoms with E-state index in [4.69, 9.17) is 0 Å². The third-order valence-corrected chi connectivity index (χ3v) is 6.25. The summed E-state index contributed by atoms with van der Waals surface area (Å²) in [5.41, 5.74) is 0. The van der Waals surface area contributed by atoms with Crippen LogP contribution in [0.3, 0.4) is 0 Å². The number of aliphatic hydroxyl groups is 1. The van der Waals surface area contributed by atoms with Crippen LogP contribution >= 0.6 is 0 Å². The van der Waals surface area contributed by atoms with E-state index >= 15 is 0 Å². The van der Waals surface area contributed by atoms with Gasteiger partial charge >= 0.3 is 6.03 Å². The average Bonchev–Trinajstić information content (AvgIpc) is 3.07. The van der Waals surface area contributed by atoms with Crippen LogP contribution in [0, 0.1) is 23.7 Å². The Morgan fingerprint density at radius 1 is 1.30 bits per heavy atom. The van der Waals surface area contributed by atoms with E-state index < -0.39 is 0 Å². The molecule has 3 fully saturated rings. The molecule has 23 heavy (non-hydrogen) atoms. The summed E-state index contributed by atoms with van der Waals surface area (Å²) in [5, 5.41) is 15.9. The number of hydrogen-bond donors (Lipinski definition) is 3. The van der Waals surface area contributed by atoms with Gasteiger partial charge in [0.25, 0.3) is 0 Å². The lowest BCUT2D eigenvalue weighted by atomic mass is 9.85. The summed E-state index contributed by atoms with van der Waals surface area (Å²) in [6, 6.07) is 0.269. The van der Waals surface area contributed by atoms with Crippen LogP contribution in [0.25, 0.3) is 0 Å². The van der Waals surface area contributed by atoms with Crippen molar-refractivity contribution >= 4 is 6.03 Å². The molecular weight excluding hydrogens is 290 g/mol. The molecule has 0 spiro atoms. The fourth-order valence-electron chi connectivity index (χ4n) is 5.20. The first-order chi connectivity index (χ1) is 11.1. The zero-order valence-corrected chi connectivity index (χ0v) is 14.6. The number of nitrogens with zero attached hydrogens (tertiary/aromatic N) is 1. The maximum atomic E-state index is 12.3. The van der Waals surface area contributed by atoms with Gasteiger partial charge in [-0.05, 0) is 63.3 Å². The lowest BCUT2D eigenvalue weighted by Gasteiger charge is -2.34. The number of amides is 2. The SMILES string of the molecule is CC1CCCN(CC(C)NC(=O)NC2C3CCC(C3)C2CO)C1. The van der Waals surface area contributed by atoms with E-state index in [1.54, 1.807) is 0 Å². The molecule has 3 aliphatic rings. The molecule has 6 atom stereocenters. The Kier molecular flexibility index (Phi) is 5.47. The first-order valence-corrected chi connectivity index (χ1v) is 9.47. The number of carbonyl (C=O) groups excluding carboxylic acids is 1. The second-order valence-electron chi connectivity index (χ2n) is 8.23. The summed E-state index contributed by atoms with van der Waals surface area (Å²) in [7, 11) is 0. The molecule has 5 nitrogen and oxygen atoms in total. The fourth-order valence-corrected chi connectivity index (χ4v) is 5.20. The van der Waals surface area contributed by atoms with E-state index in [-0.39, 0.29) is 30.6 Å². The summed E-state index contributed by atoms with van der Waals surface area (Å²) in [6.07, 6.45) is 6.19. The Balaban J connectivity index is 1.43. The second kappa shape index (κ2) is 7.39. The second-order valence-corrected chi connectivity index (χ2v) is 8.23. The number of rotatable bonds is 5. The van der Waals surface area contributed by atoms with Crippen LogP contribution in [0.15, 0.2) is 0 Å². The number of carbonyl (C=O) groups is 1. The van der Waals surface area contributed by atoms with Crippen LogP contribution in [0.1, 0.15) is 46.0 Å². The van der Waals surface area contributed by atoms with Gasteiger partial charge in [0, 0.05) is 37.7 Å². The van der Waals surface area contributed by atoms with Crippen LogP contribution < -0.4 is 10.6 Å². The van der Waals surface area contributed by atoms with Gasteiger partial charge in [0.2, 0.25) is 0 Å². The van der Waals surface area contributed by atoms with E-state index in [1.165, 1.54) is 32.1 Å². The van der Waals surface area contributed by atoms with Crippen LogP contribution in [0.2, 0.25) is 0 Å². The molecule has 0 aromatic heterocycles. The zero-order valence-electron chi connectivity index (χ0n) is 14.6. The molecule has 5 heteroatoms. The lowest BCUT2D eigenvalue weighted by molar-refractivity contribution is 0.142. The van der Waals surface area contributed by atoms with Crippen LogP contribution in [0.5, 0.6) is 0 Å². The molecule has 132 valence electrons. The number of fused-ring (bicyclic) bond motifs is 2. The monoisotopic (exact) mass is 323 g/mol. The topological polar surface area (TPSA) is 64.6 Å². The Bertz CT molecular complexity index is 417. The summed E-state index contributed by atoms with van der Waals surface area (Å²) >= 11 is 0. The van der Waals surface area contributed by atoms with E-state index in [2.05, 4.69) is 29.4 Å². The van der Waals surface area contributed by atoms with Crippen molar-refractivity contribution < 1.29 is 9.90 Å². The number of hydrogen-bond acceptors (Lipinski definition) is 3. The molecule has 0 aromatic rings. The highest BCUT2D eigenvalue weighted by Crippen LogP contribution is 2.48. The molecule has 1 saturated heterocycles. The first-order valence-electron chi connectivity index (χ1n) is 9.47. The van der Waals surface area contributed by atoms with Crippen molar-refractivity contribution in [1.82, 2.24) is 15.5 Å². The number of aliphatic hydroxyl groups excluding tert-OH is 1. The predicted octanol–water partition coefficient (Wildman–Crippen LogP) is 1.81. The average molecular weight is 323 g/mol. The summed E-state index contributed by atoms with van der Waals surface area (Å²) in [6.45, 7) is 7.82. The van der Waals surface area contributed by atoms with Gasteiger partial charge in [-0.3, -0.25) is 0 Å².